The number of aromatic amines is 1. The Labute approximate surface area is 183 Å². The molecule has 0 saturated carbocycles. The van der Waals surface area contributed by atoms with Gasteiger partial charge in [0.1, 0.15) is 11.5 Å². The first-order chi connectivity index (χ1) is 14.7. The number of rotatable bonds is 8. The minimum Gasteiger partial charge on any atom is -0.351 e. The smallest absolute Gasteiger partial charge is 0.255 e. The normalized spacial score (nSPS) is 11.0. The van der Waals surface area contributed by atoms with Crippen LogP contribution < -0.4 is 5.32 Å². The molecule has 4 aromatic rings. The minimum atomic E-state index is -0.144. The molecule has 9 heteroatoms. The molecule has 0 atom stereocenters. The Hall–Kier alpha value is -3.04. The highest BCUT2D eigenvalue weighted by atomic mass is 32.1. The van der Waals surface area contributed by atoms with Crippen molar-refractivity contribution in [2.24, 2.45) is 0 Å². The van der Waals surface area contributed by atoms with Crippen molar-refractivity contribution in [3.63, 3.8) is 0 Å². The summed E-state index contributed by atoms with van der Waals surface area (Å²) in [5.41, 5.74) is 2.41. The van der Waals surface area contributed by atoms with Gasteiger partial charge >= 0.3 is 0 Å². The van der Waals surface area contributed by atoms with Crippen LogP contribution in [0, 0.1) is 4.77 Å². The predicted molar refractivity (Wildman–Crippen MR) is 120 cm³/mol. The van der Waals surface area contributed by atoms with Crippen LogP contribution in [0.4, 0.5) is 0 Å². The number of hydrogen-bond donors (Lipinski definition) is 2. The fourth-order valence-corrected chi connectivity index (χ4v) is 4.29. The number of H-pyrrole nitrogens is 1. The van der Waals surface area contributed by atoms with E-state index in [0.29, 0.717) is 35.5 Å². The van der Waals surface area contributed by atoms with E-state index in [1.165, 1.54) is 0 Å². The van der Waals surface area contributed by atoms with Gasteiger partial charge in [-0.25, -0.2) is 0 Å². The monoisotopic (exact) mass is 438 g/mol. The quantitative estimate of drug-likeness (QED) is 0.409. The second-order valence-electron chi connectivity index (χ2n) is 6.75. The Bertz CT molecular complexity index is 1170. The summed E-state index contributed by atoms with van der Waals surface area (Å²) in [6.07, 6.45) is 2.42. The van der Waals surface area contributed by atoms with E-state index in [9.17, 15) is 4.79 Å². The maximum Gasteiger partial charge on any atom is 0.255 e. The van der Waals surface area contributed by atoms with Gasteiger partial charge in [-0.3, -0.25) is 14.6 Å². The summed E-state index contributed by atoms with van der Waals surface area (Å²) in [4.78, 5) is 13.9. The lowest BCUT2D eigenvalue weighted by Crippen LogP contribution is -2.26. The van der Waals surface area contributed by atoms with Gasteiger partial charge in [-0.2, -0.15) is 10.2 Å². The van der Waals surface area contributed by atoms with Crippen LogP contribution in [0.2, 0.25) is 0 Å². The van der Waals surface area contributed by atoms with E-state index in [0.717, 1.165) is 22.8 Å². The van der Waals surface area contributed by atoms with Crippen molar-refractivity contribution in [1.82, 2.24) is 29.9 Å². The zero-order chi connectivity index (χ0) is 20.9. The van der Waals surface area contributed by atoms with E-state index < -0.39 is 0 Å². The number of thiophene rings is 1. The van der Waals surface area contributed by atoms with E-state index in [-0.39, 0.29) is 5.91 Å². The molecule has 0 aliphatic rings. The molecule has 2 N–H and O–H groups in total. The van der Waals surface area contributed by atoms with Gasteiger partial charge in [-0.05, 0) is 36.2 Å². The van der Waals surface area contributed by atoms with Gasteiger partial charge in [0.15, 0.2) is 4.77 Å². The Morgan fingerprint density at radius 1 is 1.23 bits per heavy atom. The zero-order valence-electron chi connectivity index (χ0n) is 16.5. The van der Waals surface area contributed by atoms with Gasteiger partial charge in [-0.15, -0.1) is 11.3 Å². The van der Waals surface area contributed by atoms with Crippen LogP contribution in [0.15, 0.2) is 54.0 Å². The average molecular weight is 439 g/mol. The molecule has 0 radical (unpaired) electrons. The number of carbonyl (C=O) groups excluding carboxylic acids is 1. The van der Waals surface area contributed by atoms with E-state index >= 15 is 0 Å². The lowest BCUT2D eigenvalue weighted by atomic mass is 10.2. The molecule has 0 saturated heterocycles. The highest BCUT2D eigenvalue weighted by Crippen LogP contribution is 2.27. The summed E-state index contributed by atoms with van der Waals surface area (Å²) in [7, 11) is 0. The third-order valence-corrected chi connectivity index (χ3v) is 5.92. The van der Waals surface area contributed by atoms with Gasteiger partial charge in [0.25, 0.3) is 5.91 Å². The summed E-state index contributed by atoms with van der Waals surface area (Å²) in [5.74, 6) is 0.691. The Kier molecular flexibility index (Phi) is 6.20. The molecule has 7 nitrogen and oxygen atoms in total. The van der Waals surface area contributed by atoms with Gasteiger partial charge < -0.3 is 9.88 Å². The first-order valence-corrected chi connectivity index (χ1v) is 11.0. The Balaban J connectivity index is 1.51. The Morgan fingerprint density at radius 3 is 2.80 bits per heavy atom. The predicted octanol–water partition coefficient (Wildman–Crippen LogP) is 3.91. The van der Waals surface area contributed by atoms with Crippen molar-refractivity contribution in [3.8, 4) is 10.6 Å². The first kappa shape index (κ1) is 20.2. The molecule has 154 valence electrons. The van der Waals surface area contributed by atoms with Crippen LogP contribution in [-0.4, -0.2) is 37.0 Å². The molecule has 3 aromatic heterocycles. The molecule has 0 bridgehead atoms. The van der Waals surface area contributed by atoms with E-state index in [1.54, 1.807) is 11.3 Å². The number of nitrogens with zero attached hydrogens (tertiary/aromatic N) is 4. The summed E-state index contributed by atoms with van der Waals surface area (Å²) in [5, 5.41) is 16.7. The summed E-state index contributed by atoms with van der Waals surface area (Å²) in [6, 6.07) is 14.0. The van der Waals surface area contributed by atoms with Crippen molar-refractivity contribution in [2.75, 3.05) is 6.54 Å². The third-order valence-electron chi connectivity index (χ3n) is 4.74. The molecule has 0 spiro atoms. The molecular formula is C21H22N6OS2. The summed E-state index contributed by atoms with van der Waals surface area (Å²) < 4.78 is 4.35. The van der Waals surface area contributed by atoms with Gasteiger partial charge in [0.2, 0.25) is 0 Å². The van der Waals surface area contributed by atoms with Crippen LogP contribution in [0.25, 0.3) is 10.6 Å². The average Bonchev–Trinajstić information content (AvgIpc) is 3.49. The first-order valence-electron chi connectivity index (χ1n) is 9.73. The van der Waals surface area contributed by atoms with Gasteiger partial charge in [-0.1, -0.05) is 36.4 Å². The summed E-state index contributed by atoms with van der Waals surface area (Å²) in [6.45, 7) is 3.83. The maximum atomic E-state index is 13.0. The molecule has 1 aromatic carbocycles. The highest BCUT2D eigenvalue weighted by Gasteiger charge is 2.19. The second kappa shape index (κ2) is 9.19. The molecule has 1 amide bonds. The second-order valence-corrected chi connectivity index (χ2v) is 8.08. The molecule has 3 heterocycles. The van der Waals surface area contributed by atoms with Crippen molar-refractivity contribution in [1.29, 1.82) is 0 Å². The van der Waals surface area contributed by atoms with Crippen molar-refractivity contribution >= 4 is 29.5 Å². The fourth-order valence-electron chi connectivity index (χ4n) is 3.28. The van der Waals surface area contributed by atoms with E-state index in [4.69, 9.17) is 17.3 Å². The number of carbonyl (C=O) groups is 1. The Morgan fingerprint density at radius 2 is 2.07 bits per heavy atom. The topological polar surface area (TPSA) is 80.5 Å². The molecule has 4 rings (SSSR count). The molecular weight excluding hydrogens is 416 g/mol. The fraction of sp³-hybridized carbons (Fsp3) is 0.238. The van der Waals surface area contributed by atoms with Gasteiger partial charge in [0, 0.05) is 25.7 Å². The highest BCUT2D eigenvalue weighted by molar-refractivity contribution is 7.71. The number of aromatic nitrogens is 5. The number of amides is 1. The van der Waals surface area contributed by atoms with Crippen molar-refractivity contribution in [2.45, 2.75) is 26.4 Å². The molecule has 0 fully saturated rings. The maximum absolute atomic E-state index is 13.0. The molecule has 0 unspecified atom stereocenters. The van der Waals surface area contributed by atoms with Crippen LogP contribution in [0.3, 0.4) is 0 Å². The zero-order valence-corrected chi connectivity index (χ0v) is 18.2. The summed E-state index contributed by atoms with van der Waals surface area (Å²) >= 11 is 6.79. The molecule has 30 heavy (non-hydrogen) atoms. The molecule has 0 aliphatic carbocycles. The minimum absolute atomic E-state index is 0.144. The van der Waals surface area contributed by atoms with Gasteiger partial charge in [0.05, 0.1) is 17.0 Å². The van der Waals surface area contributed by atoms with Crippen LogP contribution in [0.5, 0.6) is 0 Å². The lowest BCUT2D eigenvalue weighted by Gasteiger charge is -2.06. The standard InChI is InChI=1S/C21H22N6OS2/c1-2-27-18(23-24-21(27)29)10-11-22-20(28)16-14-26(13-15-7-4-3-5-8-15)25-19(16)17-9-6-12-30-17/h3-9,12,14H,2,10-11,13H2,1H3,(H,22,28)(H,24,29). The third kappa shape index (κ3) is 4.42. The van der Waals surface area contributed by atoms with Crippen LogP contribution >= 0.6 is 23.6 Å². The SMILES string of the molecule is CCn1c(CCNC(=O)c2cn(Cc3ccccc3)nc2-c2cccs2)n[nH]c1=S. The number of benzene rings is 1. The van der Waals surface area contributed by atoms with Crippen molar-refractivity contribution in [3.05, 3.63) is 75.8 Å². The lowest BCUT2D eigenvalue weighted by molar-refractivity contribution is 0.0954. The molecule has 0 aliphatic heterocycles. The number of hydrogen-bond acceptors (Lipinski definition) is 5. The van der Waals surface area contributed by atoms with Crippen molar-refractivity contribution < 1.29 is 4.79 Å². The van der Waals surface area contributed by atoms with E-state index in [1.807, 2.05) is 70.2 Å². The van der Waals surface area contributed by atoms with E-state index in [2.05, 4.69) is 15.5 Å². The number of nitrogens with one attached hydrogen (secondary N) is 2. The van der Waals surface area contributed by atoms with Crippen LogP contribution in [-0.2, 0) is 19.5 Å². The largest absolute Gasteiger partial charge is 0.351 e. The van der Waals surface area contributed by atoms with Crippen LogP contribution in [0.1, 0.15) is 28.7 Å².